The Bertz CT molecular complexity index is 224. The van der Waals surface area contributed by atoms with E-state index in [1.807, 2.05) is 0 Å². The van der Waals surface area contributed by atoms with Gasteiger partial charge in [0, 0.05) is 6.42 Å². The smallest absolute Gasteiger partial charge is 0.306 e. The molecule has 1 fully saturated rings. The monoisotopic (exact) mass is 200 g/mol. The summed E-state index contributed by atoms with van der Waals surface area (Å²) in [4.78, 5) is 21.2. The van der Waals surface area contributed by atoms with E-state index in [9.17, 15) is 9.59 Å². The van der Waals surface area contributed by atoms with E-state index >= 15 is 0 Å². The third kappa shape index (κ3) is 3.01. The molecule has 0 spiro atoms. The summed E-state index contributed by atoms with van der Waals surface area (Å²) in [5.41, 5.74) is 0. The van der Waals surface area contributed by atoms with E-state index in [1.54, 1.807) is 0 Å². The van der Waals surface area contributed by atoms with Gasteiger partial charge in [-0.25, -0.2) is 0 Å². The van der Waals surface area contributed by atoms with Crippen LogP contribution in [0.25, 0.3) is 0 Å². The van der Waals surface area contributed by atoms with Crippen LogP contribution in [0.5, 0.6) is 0 Å². The first-order chi connectivity index (χ1) is 6.61. The molecule has 0 aromatic rings. The third-order valence-corrected chi connectivity index (χ3v) is 2.96. The van der Waals surface area contributed by atoms with Gasteiger partial charge in [-0.15, -0.1) is 0 Å². The molecular weight excluding hydrogens is 184 g/mol. The van der Waals surface area contributed by atoms with Crippen LogP contribution >= 0.6 is 0 Å². The quantitative estimate of drug-likeness (QED) is 0.724. The standard InChI is InChI=1S/C10H16O4/c11-9(12)6-5-7-3-1-2-4-8(7)10(13)14/h7-8H,1-6H2,(H,11,12)(H,13,14)/t7-,8-/m1/s1. The first-order valence-corrected chi connectivity index (χ1v) is 5.06. The first-order valence-electron chi connectivity index (χ1n) is 5.06. The molecular formula is C10H16O4. The molecule has 80 valence electrons. The zero-order valence-electron chi connectivity index (χ0n) is 8.11. The normalized spacial score (nSPS) is 27.1. The maximum Gasteiger partial charge on any atom is 0.306 e. The van der Waals surface area contributed by atoms with Crippen LogP contribution in [-0.4, -0.2) is 22.2 Å². The Morgan fingerprint density at radius 1 is 1.14 bits per heavy atom. The molecule has 2 N–H and O–H groups in total. The summed E-state index contributed by atoms with van der Waals surface area (Å²) in [6.07, 6.45) is 4.17. The van der Waals surface area contributed by atoms with E-state index in [4.69, 9.17) is 10.2 Å². The molecule has 0 bridgehead atoms. The summed E-state index contributed by atoms with van der Waals surface area (Å²) >= 11 is 0. The summed E-state index contributed by atoms with van der Waals surface area (Å²) < 4.78 is 0. The van der Waals surface area contributed by atoms with Crippen molar-refractivity contribution >= 4 is 11.9 Å². The highest BCUT2D eigenvalue weighted by Crippen LogP contribution is 2.33. The Morgan fingerprint density at radius 2 is 1.79 bits per heavy atom. The van der Waals surface area contributed by atoms with Gasteiger partial charge in [-0.2, -0.15) is 0 Å². The summed E-state index contributed by atoms with van der Waals surface area (Å²) in [7, 11) is 0. The van der Waals surface area contributed by atoms with E-state index in [-0.39, 0.29) is 18.3 Å². The second-order valence-corrected chi connectivity index (χ2v) is 3.92. The van der Waals surface area contributed by atoms with Crippen LogP contribution < -0.4 is 0 Å². The van der Waals surface area contributed by atoms with Gasteiger partial charge in [0.15, 0.2) is 0 Å². The average Bonchev–Trinajstić information content (AvgIpc) is 2.15. The molecule has 14 heavy (non-hydrogen) atoms. The van der Waals surface area contributed by atoms with Crippen molar-refractivity contribution in [3.63, 3.8) is 0 Å². The molecule has 0 amide bonds. The fourth-order valence-electron chi connectivity index (χ4n) is 2.19. The van der Waals surface area contributed by atoms with Crippen molar-refractivity contribution in [2.24, 2.45) is 11.8 Å². The van der Waals surface area contributed by atoms with Crippen molar-refractivity contribution in [3.8, 4) is 0 Å². The SMILES string of the molecule is O=C(O)CC[C@H]1CCCC[C@H]1C(=O)O. The molecule has 1 aliphatic carbocycles. The Morgan fingerprint density at radius 3 is 2.36 bits per heavy atom. The fraction of sp³-hybridized carbons (Fsp3) is 0.800. The Hall–Kier alpha value is -1.06. The van der Waals surface area contributed by atoms with Crippen LogP contribution in [0.4, 0.5) is 0 Å². The lowest BCUT2D eigenvalue weighted by atomic mass is 9.77. The van der Waals surface area contributed by atoms with E-state index in [1.165, 1.54) is 0 Å². The molecule has 0 radical (unpaired) electrons. The van der Waals surface area contributed by atoms with Gasteiger partial charge < -0.3 is 10.2 Å². The van der Waals surface area contributed by atoms with Crippen LogP contribution in [0.3, 0.4) is 0 Å². The summed E-state index contributed by atoms with van der Waals surface area (Å²) in [6, 6.07) is 0. The van der Waals surface area contributed by atoms with Gasteiger partial charge in [0.05, 0.1) is 5.92 Å². The van der Waals surface area contributed by atoms with Gasteiger partial charge in [0.25, 0.3) is 0 Å². The highest BCUT2D eigenvalue weighted by Gasteiger charge is 2.30. The molecule has 0 aromatic heterocycles. The van der Waals surface area contributed by atoms with Gasteiger partial charge in [0.2, 0.25) is 0 Å². The molecule has 0 aliphatic heterocycles. The summed E-state index contributed by atoms with van der Waals surface area (Å²) in [5.74, 6) is -1.85. The predicted octanol–water partition coefficient (Wildman–Crippen LogP) is 1.74. The van der Waals surface area contributed by atoms with Gasteiger partial charge in [-0.1, -0.05) is 12.8 Å². The van der Waals surface area contributed by atoms with Gasteiger partial charge in [-0.3, -0.25) is 9.59 Å². The molecule has 2 atom stereocenters. The van der Waals surface area contributed by atoms with Crippen LogP contribution in [-0.2, 0) is 9.59 Å². The molecule has 0 unspecified atom stereocenters. The zero-order chi connectivity index (χ0) is 10.6. The molecule has 1 rings (SSSR count). The van der Waals surface area contributed by atoms with Crippen molar-refractivity contribution in [2.45, 2.75) is 38.5 Å². The topological polar surface area (TPSA) is 74.6 Å². The van der Waals surface area contributed by atoms with Crippen LogP contribution in [0, 0.1) is 11.8 Å². The molecule has 4 nitrogen and oxygen atoms in total. The molecule has 0 aromatic carbocycles. The Labute approximate surface area is 82.9 Å². The molecule has 4 heteroatoms. The van der Waals surface area contributed by atoms with E-state index in [0.29, 0.717) is 12.8 Å². The summed E-state index contributed by atoms with van der Waals surface area (Å²) in [6.45, 7) is 0. The third-order valence-electron chi connectivity index (χ3n) is 2.96. The largest absolute Gasteiger partial charge is 0.481 e. The van der Waals surface area contributed by atoms with Crippen LogP contribution in [0.1, 0.15) is 38.5 Å². The molecule has 0 saturated heterocycles. The zero-order valence-corrected chi connectivity index (χ0v) is 8.11. The van der Waals surface area contributed by atoms with Gasteiger partial charge in [-0.05, 0) is 25.2 Å². The highest BCUT2D eigenvalue weighted by molar-refractivity contribution is 5.71. The maximum absolute atomic E-state index is 10.9. The van der Waals surface area contributed by atoms with Crippen LogP contribution in [0.15, 0.2) is 0 Å². The fourth-order valence-corrected chi connectivity index (χ4v) is 2.19. The molecule has 1 saturated carbocycles. The van der Waals surface area contributed by atoms with Crippen molar-refractivity contribution in [2.75, 3.05) is 0 Å². The van der Waals surface area contributed by atoms with E-state index in [0.717, 1.165) is 19.3 Å². The van der Waals surface area contributed by atoms with Crippen molar-refractivity contribution < 1.29 is 19.8 Å². The average molecular weight is 200 g/mol. The van der Waals surface area contributed by atoms with Crippen molar-refractivity contribution in [1.82, 2.24) is 0 Å². The van der Waals surface area contributed by atoms with Gasteiger partial charge in [0.1, 0.15) is 0 Å². The Kier molecular flexibility index (Phi) is 3.92. The minimum Gasteiger partial charge on any atom is -0.481 e. The maximum atomic E-state index is 10.9. The number of carboxylic acids is 2. The second-order valence-electron chi connectivity index (χ2n) is 3.92. The van der Waals surface area contributed by atoms with Crippen molar-refractivity contribution in [1.29, 1.82) is 0 Å². The molecule has 1 aliphatic rings. The lowest BCUT2D eigenvalue weighted by molar-refractivity contribution is -0.146. The van der Waals surface area contributed by atoms with E-state index in [2.05, 4.69) is 0 Å². The number of rotatable bonds is 4. The lowest BCUT2D eigenvalue weighted by Gasteiger charge is -2.27. The minimum atomic E-state index is -0.834. The number of aliphatic carboxylic acids is 2. The number of hydrogen-bond donors (Lipinski definition) is 2. The summed E-state index contributed by atoms with van der Waals surface area (Å²) in [5, 5.41) is 17.4. The number of carboxylic acid groups (broad SMARTS) is 2. The van der Waals surface area contributed by atoms with Crippen LogP contribution in [0.2, 0.25) is 0 Å². The Balaban J connectivity index is 2.45. The number of carbonyl (C=O) groups is 2. The molecule has 0 heterocycles. The van der Waals surface area contributed by atoms with E-state index < -0.39 is 11.9 Å². The first kappa shape index (κ1) is 11.0. The van der Waals surface area contributed by atoms with Gasteiger partial charge >= 0.3 is 11.9 Å². The minimum absolute atomic E-state index is 0.0670. The van der Waals surface area contributed by atoms with Crippen molar-refractivity contribution in [3.05, 3.63) is 0 Å². The predicted molar refractivity (Wildman–Crippen MR) is 50.0 cm³/mol. The highest BCUT2D eigenvalue weighted by atomic mass is 16.4. The lowest BCUT2D eigenvalue weighted by Crippen LogP contribution is -2.27. The number of hydrogen-bond acceptors (Lipinski definition) is 2. The second kappa shape index (κ2) is 4.98.